The Labute approximate surface area is 119 Å². The normalized spacial score (nSPS) is 19.9. The van der Waals surface area contributed by atoms with Crippen LogP contribution in [0.5, 0.6) is 0 Å². The van der Waals surface area contributed by atoms with Crippen molar-refractivity contribution in [3.05, 3.63) is 52.6 Å². The minimum atomic E-state index is -3.18. The maximum atomic E-state index is 12.0. The van der Waals surface area contributed by atoms with E-state index in [0.717, 1.165) is 10.0 Å². The number of aromatic nitrogens is 1. The Hall–Kier alpha value is -1.40. The van der Waals surface area contributed by atoms with Gasteiger partial charge in [0.05, 0.1) is 16.7 Å². The summed E-state index contributed by atoms with van der Waals surface area (Å²) in [5.74, 6) is 0.740. The van der Waals surface area contributed by atoms with E-state index in [4.69, 9.17) is 0 Å². The Morgan fingerprint density at radius 3 is 2.74 bits per heavy atom. The summed E-state index contributed by atoms with van der Waals surface area (Å²) in [6, 6.07) is 10.5. The van der Waals surface area contributed by atoms with Gasteiger partial charge >= 0.3 is 0 Å². The van der Waals surface area contributed by atoms with Crippen molar-refractivity contribution < 1.29 is 8.42 Å². The lowest BCUT2D eigenvalue weighted by Gasteiger charge is -2.13. The number of fused-ring (bicyclic) bond motifs is 1. The molecule has 98 valence electrons. The molecule has 2 heterocycles. The molecule has 0 saturated carbocycles. The Morgan fingerprint density at radius 2 is 2.00 bits per heavy atom. The van der Waals surface area contributed by atoms with Gasteiger partial charge in [-0.15, -0.1) is 0 Å². The molecule has 6 heteroatoms. The Bertz CT molecular complexity index is 714. The largest absolute Gasteiger partial charge is 0.362 e. The number of pyridine rings is 1. The van der Waals surface area contributed by atoms with Crippen molar-refractivity contribution in [2.75, 3.05) is 11.1 Å². The van der Waals surface area contributed by atoms with Gasteiger partial charge in [-0.05, 0) is 39.7 Å². The van der Waals surface area contributed by atoms with E-state index >= 15 is 0 Å². The van der Waals surface area contributed by atoms with E-state index in [-0.39, 0.29) is 11.8 Å². The lowest BCUT2D eigenvalue weighted by atomic mass is 10.1. The summed E-state index contributed by atoms with van der Waals surface area (Å²) in [7, 11) is -3.18. The van der Waals surface area contributed by atoms with Crippen LogP contribution in [0.1, 0.15) is 11.6 Å². The highest BCUT2D eigenvalue weighted by molar-refractivity contribution is 9.10. The van der Waals surface area contributed by atoms with E-state index < -0.39 is 9.84 Å². The van der Waals surface area contributed by atoms with E-state index in [1.807, 2.05) is 24.3 Å². The molecule has 1 unspecified atom stereocenters. The van der Waals surface area contributed by atoms with E-state index in [2.05, 4.69) is 26.2 Å². The maximum Gasteiger partial charge on any atom is 0.181 e. The van der Waals surface area contributed by atoms with Gasteiger partial charge in [0.25, 0.3) is 0 Å². The third kappa shape index (κ3) is 2.37. The molecule has 4 nitrogen and oxygen atoms in total. The van der Waals surface area contributed by atoms with E-state index in [9.17, 15) is 8.42 Å². The number of halogens is 1. The molecule has 0 fully saturated rings. The molecule has 2 aromatic rings. The maximum absolute atomic E-state index is 12.0. The van der Waals surface area contributed by atoms with Crippen molar-refractivity contribution in [3.63, 3.8) is 0 Å². The van der Waals surface area contributed by atoms with Crippen molar-refractivity contribution in [2.45, 2.75) is 10.9 Å². The SMILES string of the molecule is O=S1(=O)CC(Nc2ccc(Br)cn2)c2ccccc21. The van der Waals surface area contributed by atoms with Crippen molar-refractivity contribution in [2.24, 2.45) is 0 Å². The lowest BCUT2D eigenvalue weighted by molar-refractivity contribution is 0.598. The molecular weight excluding hydrogens is 328 g/mol. The second-order valence-corrected chi connectivity index (χ2v) is 7.30. The summed E-state index contributed by atoms with van der Waals surface area (Å²) in [5, 5.41) is 3.17. The third-order valence-corrected chi connectivity index (χ3v) is 5.35. The van der Waals surface area contributed by atoms with Gasteiger partial charge in [0.1, 0.15) is 5.82 Å². The molecule has 1 atom stereocenters. The van der Waals surface area contributed by atoms with Gasteiger partial charge in [0.2, 0.25) is 0 Å². The second-order valence-electron chi connectivity index (χ2n) is 4.38. The Morgan fingerprint density at radius 1 is 1.21 bits per heavy atom. The minimum absolute atomic E-state index is 0.0735. The number of hydrogen-bond acceptors (Lipinski definition) is 4. The molecule has 1 aliphatic rings. The fourth-order valence-corrected chi connectivity index (χ4v) is 4.18. The molecule has 1 aliphatic heterocycles. The Balaban J connectivity index is 1.94. The molecule has 0 amide bonds. The number of anilines is 1. The van der Waals surface area contributed by atoms with Crippen LogP contribution >= 0.6 is 15.9 Å². The average molecular weight is 339 g/mol. The number of nitrogens with zero attached hydrogens (tertiary/aromatic N) is 1. The molecule has 0 saturated heterocycles. The van der Waals surface area contributed by atoms with Gasteiger partial charge in [-0.3, -0.25) is 0 Å². The first-order valence-electron chi connectivity index (χ1n) is 5.76. The summed E-state index contributed by atoms with van der Waals surface area (Å²) < 4.78 is 25.0. The number of benzene rings is 1. The number of hydrogen-bond donors (Lipinski definition) is 1. The first kappa shape index (κ1) is 12.6. The number of nitrogens with one attached hydrogen (secondary N) is 1. The van der Waals surface area contributed by atoms with Gasteiger partial charge in [0, 0.05) is 10.7 Å². The predicted molar refractivity (Wildman–Crippen MR) is 76.8 cm³/mol. The highest BCUT2D eigenvalue weighted by atomic mass is 79.9. The van der Waals surface area contributed by atoms with Crippen molar-refractivity contribution in [3.8, 4) is 0 Å². The van der Waals surface area contributed by atoms with Crippen LogP contribution in [0.15, 0.2) is 52.0 Å². The van der Waals surface area contributed by atoms with Gasteiger partial charge < -0.3 is 5.32 Å². The first-order valence-corrected chi connectivity index (χ1v) is 8.20. The van der Waals surface area contributed by atoms with E-state index in [0.29, 0.717) is 10.7 Å². The fourth-order valence-electron chi connectivity index (χ4n) is 2.21. The van der Waals surface area contributed by atoms with Crippen LogP contribution in [0.2, 0.25) is 0 Å². The topological polar surface area (TPSA) is 59.1 Å². The number of sulfone groups is 1. The lowest BCUT2D eigenvalue weighted by Crippen LogP contribution is -2.13. The molecule has 1 N–H and O–H groups in total. The van der Waals surface area contributed by atoms with Crippen LogP contribution in [0.25, 0.3) is 0 Å². The molecule has 0 aliphatic carbocycles. The monoisotopic (exact) mass is 338 g/mol. The van der Waals surface area contributed by atoms with Crippen LogP contribution in [0.4, 0.5) is 5.82 Å². The molecule has 3 rings (SSSR count). The first-order chi connectivity index (χ1) is 9.06. The highest BCUT2D eigenvalue weighted by Gasteiger charge is 2.34. The fraction of sp³-hybridized carbons (Fsp3) is 0.154. The van der Waals surface area contributed by atoms with Gasteiger partial charge in [0.15, 0.2) is 9.84 Å². The molecule has 19 heavy (non-hydrogen) atoms. The van der Waals surface area contributed by atoms with E-state index in [1.54, 1.807) is 18.3 Å². The van der Waals surface area contributed by atoms with Gasteiger partial charge in [-0.1, -0.05) is 18.2 Å². The van der Waals surface area contributed by atoms with Crippen LogP contribution in [0, 0.1) is 0 Å². The van der Waals surface area contributed by atoms with Crippen molar-refractivity contribution >= 4 is 31.6 Å². The minimum Gasteiger partial charge on any atom is -0.362 e. The van der Waals surface area contributed by atoms with Crippen LogP contribution in [-0.4, -0.2) is 19.2 Å². The highest BCUT2D eigenvalue weighted by Crippen LogP contribution is 2.34. The summed E-state index contributed by atoms with van der Waals surface area (Å²) in [4.78, 5) is 4.63. The van der Waals surface area contributed by atoms with Crippen LogP contribution in [-0.2, 0) is 9.84 Å². The standard InChI is InChI=1S/C13H11BrN2O2S/c14-9-5-6-13(15-7-9)16-11-8-19(17,18)12-4-2-1-3-10(11)12/h1-7,11H,8H2,(H,15,16). The van der Waals surface area contributed by atoms with E-state index in [1.165, 1.54) is 0 Å². The van der Waals surface area contributed by atoms with Crippen molar-refractivity contribution in [1.82, 2.24) is 4.98 Å². The molecule has 1 aromatic heterocycles. The average Bonchev–Trinajstić information content (AvgIpc) is 2.65. The Kier molecular flexibility index (Phi) is 3.06. The molecule has 1 aromatic carbocycles. The third-order valence-electron chi connectivity index (χ3n) is 3.07. The second kappa shape index (κ2) is 4.61. The predicted octanol–water partition coefficient (Wildman–Crippen LogP) is 2.78. The molecule has 0 spiro atoms. The van der Waals surface area contributed by atoms with Gasteiger partial charge in [-0.2, -0.15) is 0 Å². The van der Waals surface area contributed by atoms with Crippen LogP contribution in [0.3, 0.4) is 0 Å². The zero-order valence-corrected chi connectivity index (χ0v) is 12.3. The quantitative estimate of drug-likeness (QED) is 0.914. The smallest absolute Gasteiger partial charge is 0.181 e. The van der Waals surface area contributed by atoms with Crippen molar-refractivity contribution in [1.29, 1.82) is 0 Å². The summed E-state index contributed by atoms with van der Waals surface area (Å²) in [6.07, 6.45) is 1.68. The summed E-state index contributed by atoms with van der Waals surface area (Å²) in [6.45, 7) is 0. The van der Waals surface area contributed by atoms with Crippen LogP contribution < -0.4 is 5.32 Å². The molecule has 0 bridgehead atoms. The zero-order valence-electron chi connectivity index (χ0n) is 9.88. The molecular formula is C13H11BrN2O2S. The zero-order chi connectivity index (χ0) is 13.5. The summed E-state index contributed by atoms with van der Waals surface area (Å²) in [5.41, 5.74) is 0.812. The summed E-state index contributed by atoms with van der Waals surface area (Å²) >= 11 is 3.32. The number of rotatable bonds is 2. The molecule has 0 radical (unpaired) electrons. The van der Waals surface area contributed by atoms with Gasteiger partial charge in [-0.25, -0.2) is 13.4 Å².